The van der Waals surface area contributed by atoms with Crippen LogP contribution in [-0.4, -0.2) is 50.5 Å². The number of ether oxygens (including phenoxy) is 1. The molecule has 0 spiro atoms. The first-order chi connectivity index (χ1) is 17.2. The number of nitrogens with zero attached hydrogens (tertiary/aromatic N) is 9. The Morgan fingerprint density at radius 3 is 2.91 bits per heavy atom. The number of aromatic nitrogens is 9. The van der Waals surface area contributed by atoms with Gasteiger partial charge in [0, 0.05) is 24.7 Å². The number of rotatable bonds is 8. The molecule has 6 rings (SSSR count). The van der Waals surface area contributed by atoms with Crippen molar-refractivity contribution in [1.29, 1.82) is 0 Å². The molecule has 0 saturated carbocycles. The standard InChI is InChI=1S/C23H20N10OS/c1-15-11-20(35-31-15)17-3-4-21-28-29-22(33(21)30-17)14-25-18-5-7-24-19-12-16(13-26-23(18)19)34-10-9-32-8-2-6-27-32/h2-8,11-13H,9-10,14H2,1H3,(H,24,25). The van der Waals surface area contributed by atoms with Crippen LogP contribution in [0.1, 0.15) is 11.5 Å². The van der Waals surface area contributed by atoms with Crippen LogP contribution >= 0.6 is 11.5 Å². The van der Waals surface area contributed by atoms with Gasteiger partial charge in [-0.3, -0.25) is 9.67 Å². The molecule has 1 N–H and O–H groups in total. The maximum absolute atomic E-state index is 5.83. The zero-order valence-electron chi connectivity index (χ0n) is 18.7. The number of fused-ring (bicyclic) bond motifs is 2. The zero-order chi connectivity index (χ0) is 23.6. The lowest BCUT2D eigenvalue weighted by Gasteiger charge is -2.10. The summed E-state index contributed by atoms with van der Waals surface area (Å²) < 4.78 is 13.7. The Balaban J connectivity index is 1.19. The maximum atomic E-state index is 5.83. The molecule has 0 atom stereocenters. The third-order valence-corrected chi connectivity index (χ3v) is 6.25. The fourth-order valence-corrected chi connectivity index (χ4v) is 4.38. The first-order valence-electron chi connectivity index (χ1n) is 11.0. The lowest BCUT2D eigenvalue weighted by Crippen LogP contribution is -2.09. The molecule has 6 aromatic heterocycles. The van der Waals surface area contributed by atoms with Gasteiger partial charge < -0.3 is 10.1 Å². The van der Waals surface area contributed by atoms with Gasteiger partial charge in [0.25, 0.3) is 0 Å². The van der Waals surface area contributed by atoms with Crippen molar-refractivity contribution in [2.75, 3.05) is 11.9 Å². The molecule has 0 aliphatic heterocycles. The predicted octanol–water partition coefficient (Wildman–Crippen LogP) is 3.39. The Morgan fingerprint density at radius 2 is 2.06 bits per heavy atom. The van der Waals surface area contributed by atoms with Crippen molar-refractivity contribution >= 4 is 33.9 Å². The summed E-state index contributed by atoms with van der Waals surface area (Å²) in [7, 11) is 0. The number of pyridine rings is 2. The Morgan fingerprint density at radius 1 is 1.09 bits per heavy atom. The number of aryl methyl sites for hydroxylation is 1. The summed E-state index contributed by atoms with van der Waals surface area (Å²) in [6.45, 7) is 3.53. The molecule has 0 fully saturated rings. The van der Waals surface area contributed by atoms with Crippen LogP contribution < -0.4 is 10.1 Å². The van der Waals surface area contributed by atoms with E-state index < -0.39 is 0 Å². The highest BCUT2D eigenvalue weighted by atomic mass is 32.1. The minimum atomic E-state index is 0.419. The van der Waals surface area contributed by atoms with Crippen molar-refractivity contribution in [3.05, 3.63) is 72.7 Å². The molecule has 0 amide bonds. The second-order valence-corrected chi connectivity index (χ2v) is 8.61. The van der Waals surface area contributed by atoms with E-state index in [0.717, 1.165) is 33.0 Å². The summed E-state index contributed by atoms with van der Waals surface area (Å²) in [5.41, 5.74) is 4.81. The van der Waals surface area contributed by atoms with Crippen LogP contribution in [0.25, 0.3) is 27.3 Å². The summed E-state index contributed by atoms with van der Waals surface area (Å²) in [4.78, 5) is 10.0. The van der Waals surface area contributed by atoms with E-state index in [2.05, 4.69) is 35.0 Å². The molecule has 12 heteroatoms. The number of anilines is 1. The van der Waals surface area contributed by atoms with Crippen molar-refractivity contribution in [3.8, 4) is 16.3 Å². The highest BCUT2D eigenvalue weighted by Gasteiger charge is 2.12. The van der Waals surface area contributed by atoms with Gasteiger partial charge in [-0.05, 0) is 48.8 Å². The van der Waals surface area contributed by atoms with Crippen molar-refractivity contribution in [3.63, 3.8) is 0 Å². The Bertz CT molecular complexity index is 1610. The summed E-state index contributed by atoms with van der Waals surface area (Å²) in [6, 6.07) is 11.5. The zero-order valence-corrected chi connectivity index (χ0v) is 19.6. The molecule has 0 aliphatic rings. The van der Waals surface area contributed by atoms with Crippen LogP contribution in [0.4, 0.5) is 5.69 Å². The van der Waals surface area contributed by atoms with Gasteiger partial charge in [-0.25, -0.2) is 4.98 Å². The lowest BCUT2D eigenvalue weighted by molar-refractivity contribution is 0.290. The van der Waals surface area contributed by atoms with Crippen LogP contribution in [0.15, 0.2) is 61.2 Å². The molecular formula is C23H20N10OS. The second-order valence-electron chi connectivity index (χ2n) is 7.81. The summed E-state index contributed by atoms with van der Waals surface area (Å²) >= 11 is 1.42. The highest BCUT2D eigenvalue weighted by molar-refractivity contribution is 7.09. The van der Waals surface area contributed by atoms with Gasteiger partial charge in [-0.2, -0.15) is 19.1 Å². The number of nitrogens with one attached hydrogen (secondary N) is 1. The molecule has 0 bridgehead atoms. The van der Waals surface area contributed by atoms with Crippen molar-refractivity contribution in [1.82, 2.24) is 43.9 Å². The normalized spacial score (nSPS) is 11.3. The fourth-order valence-electron chi connectivity index (χ4n) is 3.66. The highest BCUT2D eigenvalue weighted by Crippen LogP contribution is 2.25. The summed E-state index contributed by atoms with van der Waals surface area (Å²) in [5, 5.41) is 20.8. The molecular weight excluding hydrogens is 464 g/mol. The number of hydrogen-bond acceptors (Lipinski definition) is 10. The first-order valence-corrected chi connectivity index (χ1v) is 11.7. The van der Waals surface area contributed by atoms with Gasteiger partial charge in [0.2, 0.25) is 0 Å². The number of hydrogen-bond donors (Lipinski definition) is 1. The van der Waals surface area contributed by atoms with Gasteiger partial charge in [0.15, 0.2) is 11.5 Å². The smallest absolute Gasteiger partial charge is 0.178 e. The predicted molar refractivity (Wildman–Crippen MR) is 131 cm³/mol. The largest absolute Gasteiger partial charge is 0.490 e. The molecule has 6 aromatic rings. The van der Waals surface area contributed by atoms with Gasteiger partial charge >= 0.3 is 0 Å². The van der Waals surface area contributed by atoms with Gasteiger partial charge in [0.1, 0.15) is 23.6 Å². The molecule has 0 aromatic carbocycles. The molecule has 35 heavy (non-hydrogen) atoms. The monoisotopic (exact) mass is 484 g/mol. The van der Waals surface area contributed by atoms with Gasteiger partial charge in [-0.1, -0.05) is 0 Å². The molecule has 0 radical (unpaired) electrons. The molecule has 174 valence electrons. The Labute approximate surface area is 203 Å². The average Bonchev–Trinajstić information content (AvgIpc) is 3.64. The lowest BCUT2D eigenvalue weighted by atomic mass is 10.2. The summed E-state index contributed by atoms with van der Waals surface area (Å²) in [5.74, 6) is 1.35. The molecule has 0 saturated heterocycles. The second kappa shape index (κ2) is 9.06. The fraction of sp³-hybridized carbons (Fsp3) is 0.174. The third kappa shape index (κ3) is 4.38. The van der Waals surface area contributed by atoms with E-state index in [1.54, 1.807) is 23.1 Å². The van der Waals surface area contributed by atoms with E-state index in [9.17, 15) is 0 Å². The van der Waals surface area contributed by atoms with E-state index in [1.807, 2.05) is 54.2 Å². The SMILES string of the molecule is Cc1cc(-c2ccc3nnc(CNc4ccnc5cc(OCCn6cccn6)cnc45)n3n2)sn1. The molecule has 0 unspecified atom stereocenters. The summed E-state index contributed by atoms with van der Waals surface area (Å²) in [6.07, 6.45) is 7.09. The Hall–Kier alpha value is -4.45. The minimum absolute atomic E-state index is 0.419. The molecule has 6 heterocycles. The van der Waals surface area contributed by atoms with Crippen molar-refractivity contribution in [2.45, 2.75) is 20.0 Å². The van der Waals surface area contributed by atoms with E-state index >= 15 is 0 Å². The van der Waals surface area contributed by atoms with Crippen LogP contribution in [0, 0.1) is 6.92 Å². The van der Waals surface area contributed by atoms with Crippen molar-refractivity contribution in [2.24, 2.45) is 0 Å². The van der Waals surface area contributed by atoms with Crippen LogP contribution in [0.2, 0.25) is 0 Å². The maximum Gasteiger partial charge on any atom is 0.178 e. The van der Waals surface area contributed by atoms with E-state index in [0.29, 0.717) is 36.9 Å². The topological polar surface area (TPSA) is 121 Å². The van der Waals surface area contributed by atoms with E-state index in [4.69, 9.17) is 9.84 Å². The molecule has 0 aliphatic carbocycles. The minimum Gasteiger partial charge on any atom is -0.490 e. The van der Waals surface area contributed by atoms with Crippen LogP contribution in [0.5, 0.6) is 5.75 Å². The van der Waals surface area contributed by atoms with Crippen LogP contribution in [0.3, 0.4) is 0 Å². The van der Waals surface area contributed by atoms with Gasteiger partial charge in [0.05, 0.1) is 41.1 Å². The van der Waals surface area contributed by atoms with Crippen LogP contribution in [-0.2, 0) is 13.1 Å². The van der Waals surface area contributed by atoms with Gasteiger partial charge in [-0.15, -0.1) is 10.2 Å². The average molecular weight is 485 g/mol. The molecule has 11 nitrogen and oxygen atoms in total. The van der Waals surface area contributed by atoms with E-state index in [-0.39, 0.29) is 0 Å². The first kappa shape index (κ1) is 21.1. The Kier molecular flexibility index (Phi) is 5.47. The van der Waals surface area contributed by atoms with Crippen molar-refractivity contribution < 1.29 is 4.74 Å². The third-order valence-electron chi connectivity index (χ3n) is 5.35. The quantitative estimate of drug-likeness (QED) is 0.346. The van der Waals surface area contributed by atoms with E-state index in [1.165, 1.54) is 11.5 Å².